The minimum atomic E-state index is -1.00. The molecule has 1 fully saturated rings. The number of methoxy groups -OCH3 is 5. The highest BCUT2D eigenvalue weighted by Crippen LogP contribution is 2.43. The Bertz CT molecular complexity index is 205. The summed E-state index contributed by atoms with van der Waals surface area (Å²) in [6.45, 7) is 0. The summed E-state index contributed by atoms with van der Waals surface area (Å²) in [5.74, 6) is -0.687. The van der Waals surface area contributed by atoms with E-state index in [9.17, 15) is 0 Å². The average Bonchev–Trinajstić information content (AvgIpc) is 2.84. The van der Waals surface area contributed by atoms with Crippen LogP contribution in [0.3, 0.4) is 0 Å². The molecular weight excluding hydrogens is 224 g/mol. The van der Waals surface area contributed by atoms with E-state index in [2.05, 4.69) is 0 Å². The summed E-state index contributed by atoms with van der Waals surface area (Å²) in [6, 6.07) is 0. The van der Waals surface area contributed by atoms with Gasteiger partial charge >= 0.3 is 0 Å². The second-order valence-corrected chi connectivity index (χ2v) is 4.26. The predicted molar refractivity (Wildman–Crippen MR) is 62.4 cm³/mol. The Morgan fingerprint density at radius 2 is 1.41 bits per heavy atom. The second kappa shape index (κ2) is 6.66. The minimum Gasteiger partial charge on any atom is -0.356 e. The molecule has 1 aliphatic rings. The molecule has 5 heteroatoms. The largest absolute Gasteiger partial charge is 0.356 e. The lowest BCUT2D eigenvalue weighted by molar-refractivity contribution is -0.388. The zero-order valence-electron chi connectivity index (χ0n) is 11.4. The van der Waals surface area contributed by atoms with Gasteiger partial charge in [0.25, 0.3) is 5.97 Å². The molecule has 1 aliphatic carbocycles. The van der Waals surface area contributed by atoms with Gasteiger partial charge in [-0.15, -0.1) is 0 Å². The number of hydrogen-bond donors (Lipinski definition) is 0. The van der Waals surface area contributed by atoms with Crippen LogP contribution in [0.15, 0.2) is 0 Å². The first-order chi connectivity index (χ1) is 8.18. The van der Waals surface area contributed by atoms with Gasteiger partial charge in [-0.05, 0) is 12.8 Å². The van der Waals surface area contributed by atoms with Crippen molar-refractivity contribution < 1.29 is 23.7 Å². The lowest BCUT2D eigenvalue weighted by atomic mass is 9.92. The molecule has 0 saturated heterocycles. The van der Waals surface area contributed by atoms with Crippen LogP contribution >= 0.6 is 0 Å². The third-order valence-corrected chi connectivity index (χ3v) is 3.69. The first-order valence-electron chi connectivity index (χ1n) is 5.90. The lowest BCUT2D eigenvalue weighted by Crippen LogP contribution is -2.48. The van der Waals surface area contributed by atoms with E-state index < -0.39 is 5.97 Å². The summed E-state index contributed by atoms with van der Waals surface area (Å²) in [5, 5.41) is 0. The van der Waals surface area contributed by atoms with Gasteiger partial charge in [-0.2, -0.15) is 0 Å². The molecule has 1 saturated carbocycles. The van der Waals surface area contributed by atoms with Crippen LogP contribution in [0, 0.1) is 11.8 Å². The fourth-order valence-electron chi connectivity index (χ4n) is 2.90. The highest BCUT2D eigenvalue weighted by molar-refractivity contribution is 4.86. The molecule has 0 aromatic heterocycles. The lowest BCUT2D eigenvalue weighted by Gasteiger charge is -2.38. The minimum absolute atomic E-state index is 0.104. The van der Waals surface area contributed by atoms with Crippen LogP contribution in [-0.2, 0) is 23.7 Å². The average molecular weight is 248 g/mol. The highest BCUT2D eigenvalue weighted by atomic mass is 16.9. The Labute approximate surface area is 103 Å². The summed E-state index contributed by atoms with van der Waals surface area (Å²) < 4.78 is 27.0. The van der Waals surface area contributed by atoms with Gasteiger partial charge in [0.1, 0.15) is 0 Å². The van der Waals surface area contributed by atoms with Crippen LogP contribution in [0.4, 0.5) is 0 Å². The molecule has 0 radical (unpaired) electrons. The van der Waals surface area contributed by atoms with Crippen molar-refractivity contribution in [3.8, 4) is 0 Å². The third kappa shape index (κ3) is 2.80. The maximum absolute atomic E-state index is 5.43. The molecule has 5 nitrogen and oxygen atoms in total. The fraction of sp³-hybridized carbons (Fsp3) is 1.00. The summed E-state index contributed by atoms with van der Waals surface area (Å²) >= 11 is 0. The maximum Gasteiger partial charge on any atom is 0.285 e. The molecular formula is C12H24O5. The molecule has 0 aromatic carbocycles. The summed E-state index contributed by atoms with van der Waals surface area (Å²) in [5.41, 5.74) is 0. The summed E-state index contributed by atoms with van der Waals surface area (Å²) in [7, 11) is 8.08. The number of rotatable bonds is 7. The van der Waals surface area contributed by atoms with Crippen LogP contribution in [0.25, 0.3) is 0 Å². The molecule has 2 atom stereocenters. The van der Waals surface area contributed by atoms with E-state index in [0.717, 1.165) is 19.3 Å². The van der Waals surface area contributed by atoms with Crippen molar-refractivity contribution in [2.75, 3.05) is 35.5 Å². The Hall–Kier alpha value is -0.200. The van der Waals surface area contributed by atoms with Gasteiger partial charge in [-0.25, -0.2) is 0 Å². The zero-order valence-corrected chi connectivity index (χ0v) is 11.4. The molecule has 102 valence electrons. The molecule has 1 rings (SSSR count). The van der Waals surface area contributed by atoms with Crippen LogP contribution in [-0.4, -0.2) is 47.8 Å². The third-order valence-electron chi connectivity index (χ3n) is 3.69. The first kappa shape index (κ1) is 14.9. The summed E-state index contributed by atoms with van der Waals surface area (Å²) in [4.78, 5) is 0. The van der Waals surface area contributed by atoms with Gasteiger partial charge in [0.15, 0.2) is 6.29 Å². The first-order valence-corrected chi connectivity index (χ1v) is 5.90. The van der Waals surface area contributed by atoms with Crippen LogP contribution < -0.4 is 0 Å². The van der Waals surface area contributed by atoms with E-state index >= 15 is 0 Å². The van der Waals surface area contributed by atoms with E-state index in [1.165, 1.54) is 0 Å². The molecule has 0 spiro atoms. The molecule has 0 amide bonds. The molecule has 0 bridgehead atoms. The highest BCUT2D eigenvalue weighted by Gasteiger charge is 2.49. The molecule has 0 aromatic rings. The van der Waals surface area contributed by atoms with E-state index in [4.69, 9.17) is 23.7 Å². The van der Waals surface area contributed by atoms with Crippen molar-refractivity contribution in [2.24, 2.45) is 11.8 Å². The van der Waals surface area contributed by atoms with Gasteiger partial charge in [-0.3, -0.25) is 0 Å². The fourth-order valence-corrected chi connectivity index (χ4v) is 2.90. The second-order valence-electron chi connectivity index (χ2n) is 4.26. The van der Waals surface area contributed by atoms with Gasteiger partial charge in [0.2, 0.25) is 0 Å². The standard InChI is InChI=1S/C12H24O5/c1-13-11(14-2)9-7-6-8-10(9)12(15-3,16-4)17-5/h9-11H,6-8H2,1-5H3/t9-,10-/m0/s1. The van der Waals surface area contributed by atoms with Crippen LogP contribution in [0.5, 0.6) is 0 Å². The number of hydrogen-bond acceptors (Lipinski definition) is 5. The van der Waals surface area contributed by atoms with E-state index in [-0.39, 0.29) is 18.1 Å². The normalized spacial score (nSPS) is 25.8. The quantitative estimate of drug-likeness (QED) is 0.641. The zero-order chi connectivity index (χ0) is 12.9. The van der Waals surface area contributed by atoms with Crippen molar-refractivity contribution in [1.82, 2.24) is 0 Å². The van der Waals surface area contributed by atoms with Crippen molar-refractivity contribution in [3.05, 3.63) is 0 Å². The Kier molecular flexibility index (Phi) is 5.82. The summed E-state index contributed by atoms with van der Waals surface area (Å²) in [6.07, 6.45) is 2.84. The van der Waals surface area contributed by atoms with Crippen molar-refractivity contribution in [1.29, 1.82) is 0 Å². The van der Waals surface area contributed by atoms with Crippen molar-refractivity contribution in [2.45, 2.75) is 31.5 Å². The van der Waals surface area contributed by atoms with E-state index in [0.29, 0.717) is 0 Å². The predicted octanol–water partition coefficient (Wildman–Crippen LogP) is 1.61. The van der Waals surface area contributed by atoms with Crippen molar-refractivity contribution >= 4 is 0 Å². The maximum atomic E-state index is 5.43. The topological polar surface area (TPSA) is 46.2 Å². The van der Waals surface area contributed by atoms with Gasteiger partial charge in [0.05, 0.1) is 0 Å². The Balaban J connectivity index is 2.86. The van der Waals surface area contributed by atoms with Gasteiger partial charge in [-0.1, -0.05) is 6.42 Å². The van der Waals surface area contributed by atoms with E-state index in [1.807, 2.05) is 0 Å². The van der Waals surface area contributed by atoms with Crippen molar-refractivity contribution in [3.63, 3.8) is 0 Å². The Morgan fingerprint density at radius 3 is 1.82 bits per heavy atom. The number of ether oxygens (including phenoxy) is 5. The van der Waals surface area contributed by atoms with Crippen LogP contribution in [0.2, 0.25) is 0 Å². The van der Waals surface area contributed by atoms with Gasteiger partial charge < -0.3 is 23.7 Å². The smallest absolute Gasteiger partial charge is 0.285 e. The monoisotopic (exact) mass is 248 g/mol. The molecule has 0 unspecified atom stereocenters. The molecule has 0 heterocycles. The molecule has 0 N–H and O–H groups in total. The Morgan fingerprint density at radius 1 is 0.882 bits per heavy atom. The SMILES string of the molecule is COC(OC)[C@H]1CCC[C@@H]1C(OC)(OC)OC. The molecule has 0 aliphatic heterocycles. The van der Waals surface area contributed by atoms with Crippen LogP contribution in [0.1, 0.15) is 19.3 Å². The van der Waals surface area contributed by atoms with E-state index in [1.54, 1.807) is 35.5 Å². The molecule has 17 heavy (non-hydrogen) atoms. The van der Waals surface area contributed by atoms with Gasteiger partial charge in [0, 0.05) is 47.4 Å².